The minimum atomic E-state index is -0.903. The number of hydrogen-bond acceptors (Lipinski definition) is 5. The molecule has 2 N–H and O–H groups in total. The van der Waals surface area contributed by atoms with Crippen molar-refractivity contribution in [3.63, 3.8) is 0 Å². The summed E-state index contributed by atoms with van der Waals surface area (Å²) < 4.78 is 20.0. The quantitative estimate of drug-likeness (QED) is 0.322. The Hall–Kier alpha value is -4.02. The number of urea groups is 1. The maximum Gasteiger partial charge on any atom is 0.335 e. The van der Waals surface area contributed by atoms with E-state index in [1.165, 1.54) is 54.6 Å². The number of anilines is 2. The molecule has 8 nitrogen and oxygen atoms in total. The van der Waals surface area contributed by atoms with Gasteiger partial charge >= 0.3 is 6.03 Å². The van der Waals surface area contributed by atoms with Crippen molar-refractivity contribution in [3.05, 3.63) is 93.2 Å². The number of carbonyl (C=O) groups is 4. The summed E-state index contributed by atoms with van der Waals surface area (Å²) >= 11 is 9.21. The van der Waals surface area contributed by atoms with Crippen LogP contribution in [0, 0.1) is 5.82 Å². The number of halogens is 3. The Morgan fingerprint density at radius 3 is 2.53 bits per heavy atom. The van der Waals surface area contributed by atoms with Crippen LogP contribution in [-0.2, 0) is 14.4 Å². The highest BCUT2D eigenvalue weighted by Gasteiger charge is 2.37. The van der Waals surface area contributed by atoms with Crippen LogP contribution in [0.15, 0.2) is 76.8 Å². The van der Waals surface area contributed by atoms with Crippen molar-refractivity contribution in [2.75, 3.05) is 16.8 Å². The molecule has 0 aromatic heterocycles. The molecule has 1 aliphatic rings. The van der Waals surface area contributed by atoms with E-state index in [2.05, 4.69) is 26.6 Å². The maximum atomic E-state index is 13.8. The van der Waals surface area contributed by atoms with Gasteiger partial charge in [-0.3, -0.25) is 19.7 Å². The minimum absolute atomic E-state index is 0.000629. The number of hydrogen-bond donors (Lipinski definition) is 2. The van der Waals surface area contributed by atoms with Crippen LogP contribution in [0.5, 0.6) is 5.75 Å². The number of imide groups is 2. The van der Waals surface area contributed by atoms with Crippen LogP contribution in [0.4, 0.5) is 20.6 Å². The largest absolute Gasteiger partial charge is 0.483 e. The van der Waals surface area contributed by atoms with Gasteiger partial charge in [-0.2, -0.15) is 0 Å². The van der Waals surface area contributed by atoms with Crippen molar-refractivity contribution < 1.29 is 28.3 Å². The molecule has 1 heterocycles. The van der Waals surface area contributed by atoms with E-state index in [0.717, 1.165) is 4.90 Å². The summed E-state index contributed by atoms with van der Waals surface area (Å²) in [4.78, 5) is 51.1. The summed E-state index contributed by atoms with van der Waals surface area (Å²) in [7, 11) is 0. The monoisotopic (exact) mass is 571 g/mol. The van der Waals surface area contributed by atoms with E-state index in [1.54, 1.807) is 18.2 Å². The number of rotatable bonds is 6. The van der Waals surface area contributed by atoms with Gasteiger partial charge in [0.15, 0.2) is 6.61 Å². The molecular weight excluding hydrogens is 557 g/mol. The van der Waals surface area contributed by atoms with Gasteiger partial charge in [-0.25, -0.2) is 14.1 Å². The molecule has 0 unspecified atom stereocenters. The van der Waals surface area contributed by atoms with Gasteiger partial charge in [0.1, 0.15) is 17.1 Å². The second-order valence-electron chi connectivity index (χ2n) is 7.43. The Kier molecular flexibility index (Phi) is 7.47. The van der Waals surface area contributed by atoms with E-state index in [-0.39, 0.29) is 28.3 Å². The predicted molar refractivity (Wildman–Crippen MR) is 135 cm³/mol. The van der Waals surface area contributed by atoms with Crippen molar-refractivity contribution in [1.29, 1.82) is 0 Å². The number of ether oxygens (including phenoxy) is 1. The molecule has 0 bridgehead atoms. The summed E-state index contributed by atoms with van der Waals surface area (Å²) in [6.45, 7) is -0.471. The van der Waals surface area contributed by atoms with Gasteiger partial charge < -0.3 is 10.1 Å². The van der Waals surface area contributed by atoms with Crippen LogP contribution < -0.4 is 20.3 Å². The second-order valence-corrected chi connectivity index (χ2v) is 8.79. The van der Waals surface area contributed by atoms with E-state index in [9.17, 15) is 23.6 Å². The summed E-state index contributed by atoms with van der Waals surface area (Å²) in [5.41, 5.74) is 0.173. The molecule has 182 valence electrons. The van der Waals surface area contributed by atoms with E-state index < -0.39 is 36.2 Å². The van der Waals surface area contributed by atoms with Gasteiger partial charge in [-0.05, 0) is 60.7 Å². The third-order valence-electron chi connectivity index (χ3n) is 4.96. The molecule has 0 spiro atoms. The second kappa shape index (κ2) is 10.7. The van der Waals surface area contributed by atoms with Gasteiger partial charge in [0.05, 0.1) is 11.4 Å². The normalized spacial score (nSPS) is 14.6. The number of nitrogens with zero attached hydrogens (tertiary/aromatic N) is 1. The highest BCUT2D eigenvalue weighted by molar-refractivity contribution is 9.10. The third kappa shape index (κ3) is 5.61. The third-order valence-corrected chi connectivity index (χ3v) is 5.71. The van der Waals surface area contributed by atoms with Crippen molar-refractivity contribution in [2.45, 2.75) is 0 Å². The first-order valence-electron chi connectivity index (χ1n) is 10.4. The predicted octanol–water partition coefficient (Wildman–Crippen LogP) is 4.93. The molecule has 3 aromatic carbocycles. The molecule has 11 heteroatoms. The standard InChI is InChI=1S/C25H16BrClFN3O5/c26-15-5-10-21(36-13-22(32)29-20-4-2-1-3-19(20)28)14(11-15)12-18-23(33)30-25(35)31(24(18)34)17-8-6-16(27)7-9-17/h1-12H,13H2,(H,29,32)(H,30,33,35)/b18-12-. The average Bonchev–Trinajstić information content (AvgIpc) is 2.84. The zero-order chi connectivity index (χ0) is 25.8. The number of nitrogens with one attached hydrogen (secondary N) is 2. The lowest BCUT2D eigenvalue weighted by Crippen LogP contribution is -2.54. The number of barbiturate groups is 1. The van der Waals surface area contributed by atoms with Crippen LogP contribution in [0.25, 0.3) is 6.08 Å². The summed E-state index contributed by atoms with van der Waals surface area (Å²) in [5, 5.41) is 4.95. The molecule has 0 saturated carbocycles. The van der Waals surface area contributed by atoms with Crippen LogP contribution in [0.3, 0.4) is 0 Å². The topological polar surface area (TPSA) is 105 Å². The smallest absolute Gasteiger partial charge is 0.335 e. The van der Waals surface area contributed by atoms with Gasteiger partial charge in [-0.15, -0.1) is 0 Å². The highest BCUT2D eigenvalue weighted by atomic mass is 79.9. The number of para-hydroxylation sites is 1. The van der Waals surface area contributed by atoms with Gasteiger partial charge in [0, 0.05) is 15.1 Å². The first kappa shape index (κ1) is 25.1. The molecular formula is C25H16BrClFN3O5. The number of carbonyl (C=O) groups excluding carboxylic acids is 4. The maximum absolute atomic E-state index is 13.8. The molecule has 1 fully saturated rings. The zero-order valence-electron chi connectivity index (χ0n) is 18.3. The zero-order valence-corrected chi connectivity index (χ0v) is 20.6. The molecule has 0 atom stereocenters. The Bertz CT molecular complexity index is 1410. The Morgan fingerprint density at radius 2 is 1.81 bits per heavy atom. The van der Waals surface area contributed by atoms with Crippen molar-refractivity contribution >= 4 is 68.7 Å². The van der Waals surface area contributed by atoms with Crippen molar-refractivity contribution in [1.82, 2.24) is 5.32 Å². The average molecular weight is 573 g/mol. The van der Waals surface area contributed by atoms with Crippen LogP contribution in [0.1, 0.15) is 5.56 Å². The molecule has 0 radical (unpaired) electrons. The molecule has 5 amide bonds. The molecule has 1 aliphatic heterocycles. The summed E-state index contributed by atoms with van der Waals surface area (Å²) in [6, 6.07) is 15.5. The first-order chi connectivity index (χ1) is 17.2. The van der Waals surface area contributed by atoms with Gasteiger partial charge in [-0.1, -0.05) is 39.7 Å². The van der Waals surface area contributed by atoms with Crippen molar-refractivity contribution in [3.8, 4) is 5.75 Å². The van der Waals surface area contributed by atoms with Crippen LogP contribution in [0.2, 0.25) is 5.02 Å². The fraction of sp³-hybridized carbons (Fsp3) is 0.0400. The summed E-state index contributed by atoms with van der Waals surface area (Å²) in [6.07, 6.45) is 1.25. The minimum Gasteiger partial charge on any atom is -0.483 e. The molecule has 3 aromatic rings. The van der Waals surface area contributed by atoms with Gasteiger partial charge in [0.2, 0.25) is 0 Å². The first-order valence-corrected chi connectivity index (χ1v) is 11.5. The van der Waals surface area contributed by atoms with Crippen molar-refractivity contribution in [2.24, 2.45) is 0 Å². The molecule has 36 heavy (non-hydrogen) atoms. The number of amides is 5. The molecule has 1 saturated heterocycles. The lowest BCUT2D eigenvalue weighted by Gasteiger charge is -2.26. The van der Waals surface area contributed by atoms with E-state index in [4.69, 9.17) is 16.3 Å². The Labute approximate surface area is 217 Å². The highest BCUT2D eigenvalue weighted by Crippen LogP contribution is 2.28. The van der Waals surface area contributed by atoms with E-state index >= 15 is 0 Å². The van der Waals surface area contributed by atoms with E-state index in [0.29, 0.717) is 9.50 Å². The molecule has 4 rings (SSSR count). The van der Waals surface area contributed by atoms with Crippen LogP contribution >= 0.6 is 27.5 Å². The lowest BCUT2D eigenvalue weighted by molar-refractivity contribution is -0.122. The fourth-order valence-corrected chi connectivity index (χ4v) is 3.80. The number of benzene rings is 3. The molecule has 0 aliphatic carbocycles. The summed E-state index contributed by atoms with van der Waals surface area (Å²) in [5.74, 6) is -2.79. The Morgan fingerprint density at radius 1 is 1.08 bits per heavy atom. The Balaban J connectivity index is 1.58. The van der Waals surface area contributed by atoms with E-state index in [1.807, 2.05) is 0 Å². The van der Waals surface area contributed by atoms with Gasteiger partial charge in [0.25, 0.3) is 17.7 Å². The lowest BCUT2D eigenvalue weighted by atomic mass is 10.1. The van der Waals surface area contributed by atoms with Crippen LogP contribution in [-0.4, -0.2) is 30.4 Å². The fourth-order valence-electron chi connectivity index (χ4n) is 3.29. The SMILES string of the molecule is O=C(COc1ccc(Br)cc1/C=C1/C(=O)NC(=O)N(c2ccc(Cl)cc2)C1=O)Nc1ccccc1F.